The van der Waals surface area contributed by atoms with Crippen molar-refractivity contribution in [3.8, 4) is 0 Å². The molecule has 0 amide bonds. The summed E-state index contributed by atoms with van der Waals surface area (Å²) in [5.74, 6) is 0. The molecule has 92 valence electrons. The van der Waals surface area contributed by atoms with E-state index in [9.17, 15) is 0 Å². The highest BCUT2D eigenvalue weighted by atomic mass is 35.5. The van der Waals surface area contributed by atoms with Gasteiger partial charge in [0.1, 0.15) is 5.15 Å². The second-order valence-corrected chi connectivity index (χ2v) is 5.15. The van der Waals surface area contributed by atoms with Gasteiger partial charge in [-0.3, -0.25) is 0 Å². The standard InChI is InChI=1S/C14H12Cl2N2/c15-11-8-13-12(17-14(11)16)6-7-18(13)9-10-4-2-1-3-5-10/h1-5,8H,6-7,9H2. The monoisotopic (exact) mass is 278 g/mol. The van der Waals surface area contributed by atoms with Crippen molar-refractivity contribution in [2.45, 2.75) is 13.0 Å². The molecule has 1 aromatic heterocycles. The van der Waals surface area contributed by atoms with Crippen molar-refractivity contribution in [3.63, 3.8) is 0 Å². The first-order valence-corrected chi connectivity index (χ1v) is 6.63. The second-order valence-electron chi connectivity index (χ2n) is 4.38. The van der Waals surface area contributed by atoms with E-state index in [1.807, 2.05) is 12.1 Å². The van der Waals surface area contributed by atoms with Gasteiger partial charge in [0.15, 0.2) is 0 Å². The fourth-order valence-corrected chi connectivity index (χ4v) is 2.58. The zero-order valence-electron chi connectivity index (χ0n) is 9.74. The van der Waals surface area contributed by atoms with E-state index in [0.29, 0.717) is 10.2 Å². The molecule has 1 aliphatic heterocycles. The van der Waals surface area contributed by atoms with Crippen LogP contribution in [-0.4, -0.2) is 11.5 Å². The highest BCUT2D eigenvalue weighted by Gasteiger charge is 2.22. The molecule has 0 N–H and O–H groups in total. The van der Waals surface area contributed by atoms with Crippen molar-refractivity contribution in [2.24, 2.45) is 0 Å². The third kappa shape index (κ3) is 2.18. The van der Waals surface area contributed by atoms with Crippen LogP contribution in [0.4, 0.5) is 5.69 Å². The summed E-state index contributed by atoms with van der Waals surface area (Å²) in [7, 11) is 0. The molecule has 2 aromatic rings. The average molecular weight is 279 g/mol. The minimum Gasteiger partial charge on any atom is -0.365 e. The Morgan fingerprint density at radius 3 is 2.72 bits per heavy atom. The predicted octanol–water partition coefficient (Wildman–Crippen LogP) is 3.95. The molecule has 0 fully saturated rings. The summed E-state index contributed by atoms with van der Waals surface area (Å²) in [6.07, 6.45) is 0.930. The van der Waals surface area contributed by atoms with E-state index >= 15 is 0 Å². The zero-order chi connectivity index (χ0) is 12.5. The van der Waals surface area contributed by atoms with Crippen molar-refractivity contribution >= 4 is 28.9 Å². The van der Waals surface area contributed by atoms with E-state index in [0.717, 1.165) is 30.9 Å². The van der Waals surface area contributed by atoms with Gasteiger partial charge in [-0.15, -0.1) is 0 Å². The Bertz CT molecular complexity index is 570. The lowest BCUT2D eigenvalue weighted by Crippen LogP contribution is -2.19. The van der Waals surface area contributed by atoms with Crippen LogP contribution in [0.25, 0.3) is 0 Å². The van der Waals surface area contributed by atoms with Crippen molar-refractivity contribution in [2.75, 3.05) is 11.4 Å². The number of aromatic nitrogens is 1. The van der Waals surface area contributed by atoms with E-state index in [-0.39, 0.29) is 0 Å². The van der Waals surface area contributed by atoms with Gasteiger partial charge in [0.25, 0.3) is 0 Å². The highest BCUT2D eigenvalue weighted by Crippen LogP contribution is 2.33. The van der Waals surface area contributed by atoms with Gasteiger partial charge in [0.2, 0.25) is 0 Å². The Balaban J connectivity index is 1.89. The molecule has 0 spiro atoms. The van der Waals surface area contributed by atoms with Crippen LogP contribution in [0, 0.1) is 0 Å². The van der Waals surface area contributed by atoms with Gasteiger partial charge in [0.05, 0.1) is 16.4 Å². The average Bonchev–Trinajstić information content (AvgIpc) is 2.74. The molecule has 0 aliphatic carbocycles. The number of benzene rings is 1. The minimum atomic E-state index is 0.400. The summed E-state index contributed by atoms with van der Waals surface area (Å²) in [4.78, 5) is 6.63. The molecule has 0 atom stereocenters. The number of anilines is 1. The molecule has 0 bridgehead atoms. The van der Waals surface area contributed by atoms with Gasteiger partial charge in [0, 0.05) is 19.5 Å². The Hall–Kier alpha value is -1.25. The molecule has 1 aromatic carbocycles. The first-order valence-electron chi connectivity index (χ1n) is 5.88. The molecule has 0 unspecified atom stereocenters. The van der Waals surface area contributed by atoms with Crippen LogP contribution in [0.5, 0.6) is 0 Å². The van der Waals surface area contributed by atoms with Gasteiger partial charge in [-0.05, 0) is 11.6 Å². The molecular weight excluding hydrogens is 267 g/mol. The molecule has 3 rings (SSSR count). The Labute approximate surface area is 116 Å². The third-order valence-corrected chi connectivity index (χ3v) is 3.84. The summed E-state index contributed by atoms with van der Waals surface area (Å²) >= 11 is 12.0. The van der Waals surface area contributed by atoms with Crippen molar-refractivity contribution < 1.29 is 0 Å². The lowest BCUT2D eigenvalue weighted by Gasteiger charge is -2.19. The summed E-state index contributed by atoms with van der Waals surface area (Å²) in [5, 5.41) is 0.923. The number of fused-ring (bicyclic) bond motifs is 1. The number of hydrogen-bond acceptors (Lipinski definition) is 2. The number of pyridine rings is 1. The van der Waals surface area contributed by atoms with Crippen LogP contribution in [0.3, 0.4) is 0 Å². The zero-order valence-corrected chi connectivity index (χ0v) is 11.2. The molecule has 0 saturated heterocycles. The third-order valence-electron chi connectivity index (χ3n) is 3.16. The smallest absolute Gasteiger partial charge is 0.148 e. The lowest BCUT2D eigenvalue weighted by molar-refractivity contribution is 0.834. The summed E-state index contributed by atoms with van der Waals surface area (Å²) in [6, 6.07) is 12.3. The van der Waals surface area contributed by atoms with Crippen molar-refractivity contribution in [1.29, 1.82) is 0 Å². The summed E-state index contributed by atoms with van der Waals surface area (Å²) in [6.45, 7) is 1.85. The molecule has 0 radical (unpaired) electrons. The molecule has 4 heteroatoms. The maximum absolute atomic E-state index is 6.04. The fraction of sp³-hybridized carbons (Fsp3) is 0.214. The number of nitrogens with zero attached hydrogens (tertiary/aromatic N) is 2. The largest absolute Gasteiger partial charge is 0.365 e. The van der Waals surface area contributed by atoms with E-state index < -0.39 is 0 Å². The lowest BCUT2D eigenvalue weighted by atomic mass is 10.2. The Morgan fingerprint density at radius 1 is 1.17 bits per heavy atom. The van der Waals surface area contributed by atoms with Gasteiger partial charge in [-0.2, -0.15) is 0 Å². The number of hydrogen-bond donors (Lipinski definition) is 0. The molecule has 2 heterocycles. The Morgan fingerprint density at radius 2 is 1.94 bits per heavy atom. The van der Waals surface area contributed by atoms with Crippen LogP contribution >= 0.6 is 23.2 Å². The molecular formula is C14H12Cl2N2. The Kier molecular flexibility index (Phi) is 3.14. The normalized spacial score (nSPS) is 13.8. The van der Waals surface area contributed by atoms with Gasteiger partial charge in [-0.25, -0.2) is 4.98 Å². The van der Waals surface area contributed by atoms with Crippen LogP contribution in [0.1, 0.15) is 11.3 Å². The number of halogens is 2. The van der Waals surface area contributed by atoms with Crippen molar-refractivity contribution in [1.82, 2.24) is 4.98 Å². The molecule has 0 saturated carbocycles. The molecule has 1 aliphatic rings. The fourth-order valence-electron chi connectivity index (χ4n) is 2.28. The van der Waals surface area contributed by atoms with Crippen molar-refractivity contribution in [3.05, 3.63) is 57.8 Å². The maximum Gasteiger partial charge on any atom is 0.148 e. The van der Waals surface area contributed by atoms with Crippen LogP contribution in [0.2, 0.25) is 10.2 Å². The van der Waals surface area contributed by atoms with Gasteiger partial charge in [-0.1, -0.05) is 53.5 Å². The van der Waals surface area contributed by atoms with Crippen LogP contribution < -0.4 is 4.90 Å². The number of rotatable bonds is 2. The topological polar surface area (TPSA) is 16.1 Å². The maximum atomic E-state index is 6.04. The minimum absolute atomic E-state index is 0.400. The quantitative estimate of drug-likeness (QED) is 0.774. The van der Waals surface area contributed by atoms with E-state index in [1.54, 1.807) is 0 Å². The predicted molar refractivity (Wildman–Crippen MR) is 75.5 cm³/mol. The van der Waals surface area contributed by atoms with E-state index in [1.165, 1.54) is 5.56 Å². The van der Waals surface area contributed by atoms with E-state index in [4.69, 9.17) is 23.2 Å². The second kappa shape index (κ2) is 4.79. The van der Waals surface area contributed by atoms with Gasteiger partial charge < -0.3 is 4.90 Å². The van der Waals surface area contributed by atoms with Crippen LogP contribution in [0.15, 0.2) is 36.4 Å². The first-order chi connectivity index (χ1) is 8.74. The van der Waals surface area contributed by atoms with E-state index in [2.05, 4.69) is 34.1 Å². The molecule has 18 heavy (non-hydrogen) atoms. The highest BCUT2D eigenvalue weighted by molar-refractivity contribution is 6.41. The van der Waals surface area contributed by atoms with Crippen LogP contribution in [-0.2, 0) is 13.0 Å². The van der Waals surface area contributed by atoms with Gasteiger partial charge >= 0.3 is 0 Å². The summed E-state index contributed by atoms with van der Waals surface area (Å²) in [5.41, 5.74) is 3.44. The first kappa shape index (κ1) is 11.8. The summed E-state index contributed by atoms with van der Waals surface area (Å²) < 4.78 is 0. The molecule has 2 nitrogen and oxygen atoms in total. The SMILES string of the molecule is Clc1cc2c(nc1Cl)CCN2Cc1ccccc1.